The Labute approximate surface area is 59.7 Å². The van der Waals surface area contributed by atoms with Gasteiger partial charge in [0, 0.05) is 20.0 Å². The standard InChI is InChI=1S/C6H10N3O/c1-5(7)9-3-2-8-6(10)4-9/h7H,1-4H2,(H,8,10). The molecule has 0 unspecified atom stereocenters. The zero-order chi connectivity index (χ0) is 7.56. The van der Waals surface area contributed by atoms with E-state index in [-0.39, 0.29) is 18.3 Å². The van der Waals surface area contributed by atoms with Gasteiger partial charge in [0.25, 0.3) is 0 Å². The molecule has 0 saturated carbocycles. The Bertz CT molecular complexity index is 164. The monoisotopic (exact) mass is 140 g/mol. The molecule has 0 aromatic heterocycles. The van der Waals surface area contributed by atoms with Gasteiger partial charge in [-0.25, -0.2) is 0 Å². The van der Waals surface area contributed by atoms with Crippen LogP contribution in [0.3, 0.4) is 0 Å². The predicted molar refractivity (Wildman–Crippen MR) is 37.7 cm³/mol. The zero-order valence-corrected chi connectivity index (χ0v) is 5.68. The third kappa shape index (κ3) is 1.46. The zero-order valence-electron chi connectivity index (χ0n) is 5.68. The minimum absolute atomic E-state index is 0.0281. The van der Waals surface area contributed by atoms with Crippen LogP contribution in [0.2, 0.25) is 0 Å². The van der Waals surface area contributed by atoms with Crippen LogP contribution in [0.15, 0.2) is 0 Å². The highest BCUT2D eigenvalue weighted by atomic mass is 16.2. The third-order valence-corrected chi connectivity index (χ3v) is 1.42. The highest BCUT2D eigenvalue weighted by molar-refractivity contribution is 5.89. The van der Waals surface area contributed by atoms with Crippen LogP contribution in [0.5, 0.6) is 0 Å². The first-order valence-corrected chi connectivity index (χ1v) is 3.12. The molecule has 0 aromatic rings. The number of nitrogens with one attached hydrogen (secondary N) is 2. The van der Waals surface area contributed by atoms with Crippen molar-refractivity contribution in [3.8, 4) is 0 Å². The van der Waals surface area contributed by atoms with Crippen LogP contribution in [0.25, 0.3) is 0 Å². The van der Waals surface area contributed by atoms with Gasteiger partial charge in [-0.15, -0.1) is 0 Å². The number of piperazine rings is 1. The van der Waals surface area contributed by atoms with Crippen molar-refractivity contribution in [3.63, 3.8) is 0 Å². The summed E-state index contributed by atoms with van der Waals surface area (Å²) in [4.78, 5) is 12.3. The van der Waals surface area contributed by atoms with E-state index >= 15 is 0 Å². The molecule has 1 aliphatic rings. The summed E-state index contributed by atoms with van der Waals surface area (Å²) in [5.41, 5.74) is 0. The lowest BCUT2D eigenvalue weighted by atomic mass is 10.3. The van der Waals surface area contributed by atoms with Gasteiger partial charge in [0.05, 0.1) is 12.4 Å². The van der Waals surface area contributed by atoms with Crippen LogP contribution in [-0.2, 0) is 4.79 Å². The number of nitrogens with zero attached hydrogens (tertiary/aromatic N) is 1. The lowest BCUT2D eigenvalue weighted by molar-refractivity contribution is -0.122. The molecule has 4 heteroatoms. The second-order valence-electron chi connectivity index (χ2n) is 2.22. The summed E-state index contributed by atoms with van der Waals surface area (Å²) < 4.78 is 0. The molecular weight excluding hydrogens is 130 g/mol. The minimum Gasteiger partial charge on any atom is -0.353 e. The number of hydrogen-bond acceptors (Lipinski definition) is 2. The van der Waals surface area contributed by atoms with Crippen LogP contribution in [0.4, 0.5) is 0 Å². The number of amidine groups is 1. The number of hydrogen-bond donors (Lipinski definition) is 2. The molecule has 0 aliphatic carbocycles. The van der Waals surface area contributed by atoms with Crippen LogP contribution < -0.4 is 5.32 Å². The van der Waals surface area contributed by atoms with Gasteiger partial charge in [0.15, 0.2) is 0 Å². The van der Waals surface area contributed by atoms with Gasteiger partial charge in [0.1, 0.15) is 0 Å². The topological polar surface area (TPSA) is 56.2 Å². The lowest BCUT2D eigenvalue weighted by Crippen LogP contribution is -2.49. The third-order valence-electron chi connectivity index (χ3n) is 1.42. The fraction of sp³-hybridized carbons (Fsp3) is 0.500. The highest BCUT2D eigenvalue weighted by Crippen LogP contribution is 1.92. The summed E-state index contributed by atoms with van der Waals surface area (Å²) in [6.07, 6.45) is 0. The quantitative estimate of drug-likeness (QED) is 0.343. The molecule has 0 bridgehead atoms. The predicted octanol–water partition coefficient (Wildman–Crippen LogP) is -0.770. The molecule has 10 heavy (non-hydrogen) atoms. The molecule has 0 atom stereocenters. The molecule has 2 N–H and O–H groups in total. The number of rotatable bonds is 0. The van der Waals surface area contributed by atoms with Crippen molar-refractivity contribution in [1.82, 2.24) is 10.2 Å². The second kappa shape index (κ2) is 2.68. The highest BCUT2D eigenvalue weighted by Gasteiger charge is 2.15. The number of amides is 1. The van der Waals surface area contributed by atoms with Gasteiger partial charge in [-0.05, 0) is 0 Å². The van der Waals surface area contributed by atoms with E-state index in [0.29, 0.717) is 13.1 Å². The maximum Gasteiger partial charge on any atom is 0.239 e. The van der Waals surface area contributed by atoms with E-state index in [1.807, 2.05) is 0 Å². The average Bonchev–Trinajstić information content (AvgIpc) is 1.88. The average molecular weight is 140 g/mol. The normalized spacial score (nSPS) is 18.5. The smallest absolute Gasteiger partial charge is 0.239 e. The first-order valence-electron chi connectivity index (χ1n) is 3.12. The van der Waals surface area contributed by atoms with Crippen molar-refractivity contribution >= 4 is 11.7 Å². The van der Waals surface area contributed by atoms with Crippen molar-refractivity contribution < 1.29 is 4.79 Å². The van der Waals surface area contributed by atoms with E-state index in [4.69, 9.17) is 5.41 Å². The van der Waals surface area contributed by atoms with Crippen molar-refractivity contribution in [2.24, 2.45) is 0 Å². The van der Waals surface area contributed by atoms with Crippen LogP contribution in [0.1, 0.15) is 0 Å². The summed E-state index contributed by atoms with van der Waals surface area (Å²) in [7, 11) is 0. The molecule has 1 aliphatic heterocycles. The van der Waals surface area contributed by atoms with Crippen LogP contribution >= 0.6 is 0 Å². The van der Waals surface area contributed by atoms with Gasteiger partial charge in [-0.3, -0.25) is 10.2 Å². The van der Waals surface area contributed by atoms with E-state index < -0.39 is 0 Å². The molecule has 55 valence electrons. The van der Waals surface area contributed by atoms with Crippen molar-refractivity contribution in [2.45, 2.75) is 0 Å². The number of carbonyl (C=O) groups is 1. The van der Waals surface area contributed by atoms with Gasteiger partial charge in [-0.2, -0.15) is 0 Å². The summed E-state index contributed by atoms with van der Waals surface area (Å²) in [5.74, 6) is 0.189. The Morgan fingerprint density at radius 3 is 2.90 bits per heavy atom. The summed E-state index contributed by atoms with van der Waals surface area (Å²) in [6.45, 7) is 5.03. The Balaban J connectivity index is 2.47. The first-order chi connectivity index (χ1) is 4.70. The second-order valence-corrected chi connectivity index (χ2v) is 2.22. The van der Waals surface area contributed by atoms with E-state index in [1.54, 1.807) is 4.90 Å². The maximum atomic E-state index is 10.7. The molecule has 1 fully saturated rings. The molecule has 0 aromatic carbocycles. The summed E-state index contributed by atoms with van der Waals surface area (Å²) in [5, 5.41) is 9.78. The molecule has 4 nitrogen and oxygen atoms in total. The Hall–Kier alpha value is -1.06. The maximum absolute atomic E-state index is 10.7. The summed E-state index contributed by atoms with van der Waals surface area (Å²) in [6, 6.07) is 0. The van der Waals surface area contributed by atoms with Crippen molar-refractivity contribution in [3.05, 3.63) is 6.92 Å². The molecule has 1 amide bonds. The Kier molecular flexibility index (Phi) is 1.89. The largest absolute Gasteiger partial charge is 0.353 e. The van der Waals surface area contributed by atoms with E-state index in [1.165, 1.54) is 0 Å². The Morgan fingerprint density at radius 1 is 1.80 bits per heavy atom. The van der Waals surface area contributed by atoms with Crippen LogP contribution in [-0.4, -0.2) is 36.3 Å². The van der Waals surface area contributed by atoms with Gasteiger partial charge < -0.3 is 10.2 Å². The van der Waals surface area contributed by atoms with E-state index in [0.717, 1.165) is 0 Å². The van der Waals surface area contributed by atoms with Gasteiger partial charge in [0.2, 0.25) is 5.91 Å². The van der Waals surface area contributed by atoms with E-state index in [9.17, 15) is 4.79 Å². The molecule has 1 saturated heterocycles. The van der Waals surface area contributed by atoms with Gasteiger partial charge >= 0.3 is 0 Å². The van der Waals surface area contributed by atoms with E-state index in [2.05, 4.69) is 12.2 Å². The molecule has 0 spiro atoms. The molecule has 1 radical (unpaired) electrons. The molecular formula is C6H10N3O. The van der Waals surface area contributed by atoms with Gasteiger partial charge in [-0.1, -0.05) is 0 Å². The minimum atomic E-state index is -0.0281. The van der Waals surface area contributed by atoms with Crippen molar-refractivity contribution in [2.75, 3.05) is 19.6 Å². The SMILES string of the molecule is [CH2]C(=N)N1CCNC(=O)C1. The summed E-state index contributed by atoms with van der Waals surface area (Å²) >= 11 is 0. The molecule has 1 rings (SSSR count). The number of carbonyl (C=O) groups excluding carboxylic acids is 1. The molecule has 1 heterocycles. The first kappa shape index (κ1) is 7.05. The fourth-order valence-electron chi connectivity index (χ4n) is 0.869. The van der Waals surface area contributed by atoms with Crippen LogP contribution in [0, 0.1) is 12.3 Å². The fourth-order valence-corrected chi connectivity index (χ4v) is 0.869. The van der Waals surface area contributed by atoms with Crippen molar-refractivity contribution in [1.29, 1.82) is 5.41 Å². The lowest BCUT2D eigenvalue weighted by Gasteiger charge is -2.26. The Morgan fingerprint density at radius 2 is 2.50 bits per heavy atom.